The second kappa shape index (κ2) is 7.03. The van der Waals surface area contributed by atoms with E-state index in [4.69, 9.17) is 4.42 Å². The van der Waals surface area contributed by atoms with E-state index in [0.29, 0.717) is 17.4 Å². The van der Waals surface area contributed by atoms with Crippen molar-refractivity contribution in [2.24, 2.45) is 0 Å². The number of carbonyl (C=O) groups is 1. The standard InChI is InChI=1S/C23H20BrNO5S/c1-12-8-17-18(9-13(12)2)30-22-19(21(17)26)20(14-4-3-5-15(24)10-14)25(23(22)27)16-6-7-31(28,29)11-16/h3-5,8-10,16,20H,6-7,11H2,1-2H3. The third-order valence-electron chi connectivity index (χ3n) is 6.29. The van der Waals surface area contributed by atoms with Gasteiger partial charge in [-0.05, 0) is 61.2 Å². The molecule has 2 atom stereocenters. The number of sulfone groups is 1. The Bertz CT molecular complexity index is 1430. The van der Waals surface area contributed by atoms with E-state index >= 15 is 0 Å². The molecule has 3 aromatic rings. The second-order valence-electron chi connectivity index (χ2n) is 8.33. The van der Waals surface area contributed by atoms with Gasteiger partial charge in [0.2, 0.25) is 5.76 Å². The maximum absolute atomic E-state index is 13.6. The van der Waals surface area contributed by atoms with Crippen LogP contribution in [-0.4, -0.2) is 36.8 Å². The molecule has 0 radical (unpaired) electrons. The Morgan fingerprint density at radius 3 is 2.52 bits per heavy atom. The summed E-state index contributed by atoms with van der Waals surface area (Å²) in [5.74, 6) is -0.497. The zero-order valence-corrected chi connectivity index (χ0v) is 19.4. The van der Waals surface area contributed by atoms with Gasteiger partial charge in [0.05, 0.1) is 28.5 Å². The molecule has 1 amide bonds. The Balaban J connectivity index is 1.79. The summed E-state index contributed by atoms with van der Waals surface area (Å²) in [7, 11) is -3.23. The zero-order chi connectivity index (χ0) is 22.1. The van der Waals surface area contributed by atoms with Crippen molar-refractivity contribution in [3.8, 4) is 0 Å². The van der Waals surface area contributed by atoms with Crippen LogP contribution in [-0.2, 0) is 9.84 Å². The molecule has 1 saturated heterocycles. The molecule has 0 saturated carbocycles. The third kappa shape index (κ3) is 3.24. The molecule has 0 aliphatic carbocycles. The van der Waals surface area contributed by atoms with Crippen molar-refractivity contribution in [1.29, 1.82) is 0 Å². The number of carbonyl (C=O) groups excluding carboxylic acids is 1. The van der Waals surface area contributed by atoms with Crippen molar-refractivity contribution in [3.63, 3.8) is 0 Å². The highest BCUT2D eigenvalue weighted by Gasteiger charge is 2.48. The Hall–Kier alpha value is -2.45. The Morgan fingerprint density at radius 2 is 1.84 bits per heavy atom. The van der Waals surface area contributed by atoms with Crippen molar-refractivity contribution < 1.29 is 17.6 Å². The van der Waals surface area contributed by atoms with Crippen LogP contribution in [0.1, 0.15) is 45.3 Å². The summed E-state index contributed by atoms with van der Waals surface area (Å²) in [4.78, 5) is 28.7. The number of aryl methyl sites for hydroxylation is 2. The molecule has 0 spiro atoms. The molecule has 1 fully saturated rings. The highest BCUT2D eigenvalue weighted by Crippen LogP contribution is 2.42. The molecule has 8 heteroatoms. The number of hydrogen-bond acceptors (Lipinski definition) is 5. The Labute approximate surface area is 187 Å². The lowest BCUT2D eigenvalue weighted by molar-refractivity contribution is 0.0662. The molecule has 5 rings (SSSR count). The van der Waals surface area contributed by atoms with Gasteiger partial charge in [-0.25, -0.2) is 8.42 Å². The summed E-state index contributed by atoms with van der Waals surface area (Å²) in [6, 6.07) is 9.77. The maximum Gasteiger partial charge on any atom is 0.291 e. The van der Waals surface area contributed by atoms with Crippen molar-refractivity contribution in [1.82, 2.24) is 4.90 Å². The lowest BCUT2D eigenvalue weighted by Gasteiger charge is -2.30. The van der Waals surface area contributed by atoms with Crippen LogP contribution < -0.4 is 5.43 Å². The van der Waals surface area contributed by atoms with Crippen LogP contribution >= 0.6 is 15.9 Å². The number of rotatable bonds is 2. The fourth-order valence-corrected chi connectivity index (χ4v) is 6.75. The molecule has 31 heavy (non-hydrogen) atoms. The molecule has 2 aliphatic heterocycles. The van der Waals surface area contributed by atoms with Gasteiger partial charge in [0, 0.05) is 10.5 Å². The SMILES string of the molecule is Cc1cc2oc3c(c(=O)c2cc1C)C(c1cccc(Br)c1)N(C1CCS(=O)(=O)C1)C3=O. The Morgan fingerprint density at radius 1 is 1.10 bits per heavy atom. The molecular formula is C23H20BrNO5S. The Kier molecular flexibility index (Phi) is 4.64. The fraction of sp³-hybridized carbons (Fsp3) is 0.304. The average molecular weight is 502 g/mol. The normalized spacial score (nSPS) is 22.3. The van der Waals surface area contributed by atoms with Gasteiger partial charge in [-0.2, -0.15) is 0 Å². The van der Waals surface area contributed by atoms with Crippen LogP contribution in [0.15, 0.2) is 50.1 Å². The highest BCUT2D eigenvalue weighted by atomic mass is 79.9. The third-order valence-corrected chi connectivity index (χ3v) is 8.53. The van der Waals surface area contributed by atoms with Gasteiger partial charge < -0.3 is 9.32 Å². The van der Waals surface area contributed by atoms with E-state index in [1.165, 1.54) is 0 Å². The first-order chi connectivity index (χ1) is 14.7. The van der Waals surface area contributed by atoms with E-state index in [2.05, 4.69) is 15.9 Å². The number of fused-ring (bicyclic) bond motifs is 2. The van der Waals surface area contributed by atoms with E-state index in [9.17, 15) is 18.0 Å². The minimum atomic E-state index is -3.23. The van der Waals surface area contributed by atoms with Crippen LogP contribution in [0.4, 0.5) is 0 Å². The second-order valence-corrected chi connectivity index (χ2v) is 11.5. The first-order valence-corrected chi connectivity index (χ1v) is 12.6. The van der Waals surface area contributed by atoms with Crippen LogP contribution in [0.2, 0.25) is 0 Å². The van der Waals surface area contributed by atoms with Crippen molar-refractivity contribution in [2.75, 3.05) is 11.5 Å². The first-order valence-electron chi connectivity index (χ1n) is 10.0. The van der Waals surface area contributed by atoms with Crippen LogP contribution in [0.25, 0.3) is 11.0 Å². The summed E-state index contributed by atoms with van der Waals surface area (Å²) in [5, 5.41) is 0.426. The lowest BCUT2D eigenvalue weighted by atomic mass is 9.97. The quantitative estimate of drug-likeness (QED) is 0.531. The highest BCUT2D eigenvalue weighted by molar-refractivity contribution is 9.10. The van der Waals surface area contributed by atoms with Gasteiger partial charge in [0.1, 0.15) is 5.58 Å². The van der Waals surface area contributed by atoms with Crippen molar-refractivity contribution >= 4 is 42.6 Å². The monoisotopic (exact) mass is 501 g/mol. The van der Waals surface area contributed by atoms with Gasteiger partial charge in [-0.1, -0.05) is 28.1 Å². The number of hydrogen-bond donors (Lipinski definition) is 0. The van der Waals surface area contributed by atoms with Crippen molar-refractivity contribution in [3.05, 3.63) is 79.1 Å². The molecule has 2 aliphatic rings. The van der Waals surface area contributed by atoms with E-state index in [1.54, 1.807) is 17.0 Å². The molecule has 160 valence electrons. The summed E-state index contributed by atoms with van der Waals surface area (Å²) in [5.41, 5.74) is 3.06. The van der Waals surface area contributed by atoms with Crippen LogP contribution in [0.5, 0.6) is 0 Å². The minimum Gasteiger partial charge on any atom is -0.450 e. The molecule has 3 heterocycles. The average Bonchev–Trinajstić information content (AvgIpc) is 3.20. The van der Waals surface area contributed by atoms with Gasteiger partial charge in [0.15, 0.2) is 15.3 Å². The maximum atomic E-state index is 13.6. The predicted molar refractivity (Wildman–Crippen MR) is 121 cm³/mol. The summed E-state index contributed by atoms with van der Waals surface area (Å²) in [6.45, 7) is 3.85. The lowest BCUT2D eigenvalue weighted by Crippen LogP contribution is -2.40. The molecule has 2 unspecified atom stereocenters. The van der Waals surface area contributed by atoms with Gasteiger partial charge in [-0.3, -0.25) is 9.59 Å². The molecule has 0 bridgehead atoms. The van der Waals surface area contributed by atoms with Crippen LogP contribution in [0.3, 0.4) is 0 Å². The number of nitrogens with zero attached hydrogens (tertiary/aromatic N) is 1. The largest absolute Gasteiger partial charge is 0.450 e. The number of benzene rings is 2. The van der Waals surface area contributed by atoms with Gasteiger partial charge >= 0.3 is 0 Å². The number of amides is 1. The number of halogens is 1. The fourth-order valence-electron chi connectivity index (χ4n) is 4.62. The predicted octanol–water partition coefficient (Wildman–Crippen LogP) is 3.90. The summed E-state index contributed by atoms with van der Waals surface area (Å²) >= 11 is 3.46. The molecule has 0 N–H and O–H groups in total. The topological polar surface area (TPSA) is 84.7 Å². The van der Waals surface area contributed by atoms with Crippen molar-refractivity contribution in [2.45, 2.75) is 32.4 Å². The summed E-state index contributed by atoms with van der Waals surface area (Å²) < 4.78 is 31.2. The smallest absolute Gasteiger partial charge is 0.291 e. The van der Waals surface area contributed by atoms with E-state index < -0.39 is 27.8 Å². The molecule has 6 nitrogen and oxygen atoms in total. The van der Waals surface area contributed by atoms with Gasteiger partial charge in [-0.15, -0.1) is 0 Å². The van der Waals surface area contributed by atoms with Gasteiger partial charge in [0.25, 0.3) is 5.91 Å². The summed E-state index contributed by atoms with van der Waals surface area (Å²) in [6.07, 6.45) is 0.346. The first kappa shape index (κ1) is 20.5. The molecule has 2 aromatic carbocycles. The zero-order valence-electron chi connectivity index (χ0n) is 17.0. The van der Waals surface area contributed by atoms with E-state index in [0.717, 1.165) is 21.2 Å². The van der Waals surface area contributed by atoms with E-state index in [1.807, 2.05) is 38.1 Å². The van der Waals surface area contributed by atoms with E-state index in [-0.39, 0.29) is 28.3 Å². The van der Waals surface area contributed by atoms with Crippen LogP contribution in [0, 0.1) is 13.8 Å². The molecular weight excluding hydrogens is 482 g/mol. The molecule has 1 aromatic heterocycles. The minimum absolute atomic E-state index is 0.00928.